The average molecular weight is 486 g/mol. The number of Topliss-reactive ketones (excluding diaryl/α,β-unsaturated/α-hetero) is 1. The number of likely N-dealkylation sites (N-methyl/N-ethyl adjacent to an activating group) is 1. The fourth-order valence-electron chi connectivity index (χ4n) is 4.19. The molecule has 35 heavy (non-hydrogen) atoms. The predicted molar refractivity (Wildman–Crippen MR) is 139 cm³/mol. The Morgan fingerprint density at radius 2 is 1.80 bits per heavy atom. The number of thioether (sulfide) groups is 1. The largest absolute Gasteiger partial charge is 0.492 e. The summed E-state index contributed by atoms with van der Waals surface area (Å²) >= 11 is 1.49. The molecule has 4 aromatic rings. The number of nitrogens with zero attached hydrogens (tertiary/aromatic N) is 3. The highest BCUT2D eigenvalue weighted by atomic mass is 32.2. The quantitative estimate of drug-likeness (QED) is 0.229. The van der Waals surface area contributed by atoms with Gasteiger partial charge in [-0.3, -0.25) is 4.79 Å². The molecule has 2 heterocycles. The Hall–Kier alpha value is -3.42. The van der Waals surface area contributed by atoms with Crippen molar-refractivity contribution < 1.29 is 13.9 Å². The van der Waals surface area contributed by atoms with E-state index in [1.807, 2.05) is 62.8 Å². The fourth-order valence-corrected chi connectivity index (χ4v) is 4.54. The van der Waals surface area contributed by atoms with Crippen LogP contribution in [0.2, 0.25) is 0 Å². The Bertz CT molecular complexity index is 1360. The molecule has 0 atom stereocenters. The van der Waals surface area contributed by atoms with Gasteiger partial charge in [-0.2, -0.15) is 0 Å². The van der Waals surface area contributed by atoms with Gasteiger partial charge in [0.1, 0.15) is 23.8 Å². The van der Waals surface area contributed by atoms with Crippen LogP contribution < -0.4 is 4.74 Å². The maximum Gasteiger partial charge on any atom is 0.187 e. The third-order valence-electron chi connectivity index (χ3n) is 6.06. The summed E-state index contributed by atoms with van der Waals surface area (Å²) in [4.78, 5) is 23.2. The zero-order chi connectivity index (χ0) is 24.4. The van der Waals surface area contributed by atoms with Gasteiger partial charge in [0.2, 0.25) is 0 Å². The lowest BCUT2D eigenvalue weighted by Gasteiger charge is -2.11. The van der Waals surface area contributed by atoms with E-state index in [1.54, 1.807) is 6.20 Å². The van der Waals surface area contributed by atoms with Crippen LogP contribution in [-0.4, -0.2) is 54.2 Å². The number of aryl methyl sites for hydroxylation is 1. The highest BCUT2D eigenvalue weighted by molar-refractivity contribution is 7.98. The fraction of sp³-hybridized carbons (Fsp3) is 0.250. The first-order valence-electron chi connectivity index (χ1n) is 11.6. The van der Waals surface area contributed by atoms with Gasteiger partial charge >= 0.3 is 0 Å². The molecule has 2 aromatic carbocycles. The molecule has 0 spiro atoms. The molecular formula is C28H27N3O3S. The van der Waals surface area contributed by atoms with Gasteiger partial charge in [-0.1, -0.05) is 30.0 Å². The highest BCUT2D eigenvalue weighted by Crippen LogP contribution is 2.40. The summed E-state index contributed by atoms with van der Waals surface area (Å²) < 4.78 is 12.3. The van der Waals surface area contributed by atoms with E-state index in [9.17, 15) is 4.79 Å². The van der Waals surface area contributed by atoms with Crippen LogP contribution in [0.25, 0.3) is 33.9 Å². The summed E-state index contributed by atoms with van der Waals surface area (Å²) in [6.45, 7) is 1.49. The lowest BCUT2D eigenvalue weighted by Crippen LogP contribution is -2.19. The summed E-state index contributed by atoms with van der Waals surface area (Å²) in [5.74, 6) is 2.48. The third-order valence-corrected chi connectivity index (χ3v) is 6.63. The first-order valence-corrected chi connectivity index (χ1v) is 12.8. The number of hydrogen-bond donors (Lipinski definition) is 0. The average Bonchev–Trinajstić information content (AvgIpc) is 3.48. The first kappa shape index (κ1) is 23.3. The van der Waals surface area contributed by atoms with Gasteiger partial charge in [-0.05, 0) is 74.3 Å². The lowest BCUT2D eigenvalue weighted by atomic mass is 9.99. The van der Waals surface area contributed by atoms with Crippen molar-refractivity contribution in [2.45, 2.75) is 18.0 Å². The monoisotopic (exact) mass is 485 g/mol. The number of carbonyl (C=O) groups excluding carboxylic acids is 1. The molecule has 0 bridgehead atoms. The molecule has 1 aliphatic carbocycles. The molecule has 5 rings (SSSR count). The zero-order valence-electron chi connectivity index (χ0n) is 20.1. The number of hydrogen-bond acceptors (Lipinski definition) is 7. The molecule has 0 unspecified atom stereocenters. The summed E-state index contributed by atoms with van der Waals surface area (Å²) in [5, 5.41) is 0.685. The van der Waals surface area contributed by atoms with Crippen LogP contribution >= 0.6 is 11.8 Å². The number of ketones is 1. The van der Waals surface area contributed by atoms with Gasteiger partial charge in [0.25, 0.3) is 0 Å². The van der Waals surface area contributed by atoms with Crippen LogP contribution in [0.4, 0.5) is 0 Å². The van der Waals surface area contributed by atoms with Crippen molar-refractivity contribution >= 4 is 17.5 Å². The van der Waals surface area contributed by atoms with Crippen LogP contribution in [0.3, 0.4) is 0 Å². The molecule has 0 saturated carbocycles. The van der Waals surface area contributed by atoms with E-state index in [-0.39, 0.29) is 5.78 Å². The Labute approximate surface area is 209 Å². The van der Waals surface area contributed by atoms with Crippen LogP contribution in [0.15, 0.2) is 70.4 Å². The molecule has 0 saturated heterocycles. The number of benzene rings is 2. The van der Waals surface area contributed by atoms with Gasteiger partial charge < -0.3 is 14.1 Å². The minimum Gasteiger partial charge on any atom is -0.492 e. The summed E-state index contributed by atoms with van der Waals surface area (Å²) in [6.07, 6.45) is 5.06. The Kier molecular flexibility index (Phi) is 6.70. The summed E-state index contributed by atoms with van der Waals surface area (Å²) in [6, 6.07) is 17.9. The standard InChI is InChI=1S/C28H27N3O3S/c1-31(2)14-15-33-21-8-4-18(5-9-21)26-17-23(20-6-10-22-19(16-20)7-11-25(22)32)27(34-26)24-12-13-29-28(30-24)35-3/h4-6,8-10,12-13,16-17H,7,11,14-15H2,1-3H3. The Balaban J connectivity index is 1.53. The second-order valence-electron chi connectivity index (χ2n) is 8.75. The van der Waals surface area contributed by atoms with Crippen molar-refractivity contribution in [1.82, 2.24) is 14.9 Å². The van der Waals surface area contributed by atoms with Gasteiger partial charge in [0.15, 0.2) is 16.7 Å². The number of aromatic nitrogens is 2. The minimum absolute atomic E-state index is 0.216. The zero-order valence-corrected chi connectivity index (χ0v) is 20.9. The Morgan fingerprint density at radius 3 is 2.57 bits per heavy atom. The van der Waals surface area contributed by atoms with Gasteiger partial charge in [-0.15, -0.1) is 0 Å². The topological polar surface area (TPSA) is 68.5 Å². The van der Waals surface area contributed by atoms with E-state index >= 15 is 0 Å². The molecule has 0 aliphatic heterocycles. The molecular weight excluding hydrogens is 458 g/mol. The predicted octanol–water partition coefficient (Wildman–Crippen LogP) is 5.86. The molecule has 178 valence electrons. The number of fused-ring (bicyclic) bond motifs is 1. The second-order valence-corrected chi connectivity index (χ2v) is 9.53. The van der Waals surface area contributed by atoms with E-state index in [2.05, 4.69) is 27.0 Å². The van der Waals surface area contributed by atoms with Crippen LogP contribution in [0.5, 0.6) is 5.75 Å². The normalized spacial score (nSPS) is 12.9. The van der Waals surface area contributed by atoms with Gasteiger partial charge in [0.05, 0.1) is 0 Å². The van der Waals surface area contributed by atoms with Crippen molar-refractivity contribution in [3.63, 3.8) is 0 Å². The molecule has 7 heteroatoms. The lowest BCUT2D eigenvalue weighted by molar-refractivity contribution is 0.0994. The van der Waals surface area contributed by atoms with Gasteiger partial charge in [-0.25, -0.2) is 9.97 Å². The number of ether oxygens (including phenoxy) is 1. The highest BCUT2D eigenvalue weighted by Gasteiger charge is 2.23. The molecule has 0 N–H and O–H groups in total. The first-order chi connectivity index (χ1) is 17.0. The SMILES string of the molecule is CSc1nccc(-c2oc(-c3ccc(OCCN(C)C)cc3)cc2-c2ccc3c(c2)CCC3=O)n1. The third kappa shape index (κ3) is 5.01. The molecule has 0 fully saturated rings. The summed E-state index contributed by atoms with van der Waals surface area (Å²) in [5.41, 5.74) is 5.55. The van der Waals surface area contributed by atoms with Crippen molar-refractivity contribution in [1.29, 1.82) is 0 Å². The second kappa shape index (κ2) is 10.1. The van der Waals surface area contributed by atoms with Crippen molar-refractivity contribution in [2.24, 2.45) is 0 Å². The van der Waals surface area contributed by atoms with E-state index in [4.69, 9.17) is 9.15 Å². The van der Waals surface area contributed by atoms with E-state index in [0.29, 0.717) is 23.9 Å². The molecule has 1 aliphatic rings. The van der Waals surface area contributed by atoms with E-state index in [1.165, 1.54) is 11.8 Å². The molecule has 0 amide bonds. The van der Waals surface area contributed by atoms with Crippen molar-refractivity contribution in [2.75, 3.05) is 33.5 Å². The minimum atomic E-state index is 0.216. The molecule has 2 aromatic heterocycles. The Morgan fingerprint density at radius 1 is 1.00 bits per heavy atom. The van der Waals surface area contributed by atoms with Gasteiger partial charge in [0, 0.05) is 35.9 Å². The number of carbonyl (C=O) groups is 1. The van der Waals surface area contributed by atoms with Crippen molar-refractivity contribution in [3.05, 3.63) is 71.9 Å². The number of rotatable bonds is 8. The molecule has 6 nitrogen and oxygen atoms in total. The number of furan rings is 1. The van der Waals surface area contributed by atoms with Crippen LogP contribution in [0, 0.1) is 0 Å². The smallest absolute Gasteiger partial charge is 0.187 e. The van der Waals surface area contributed by atoms with E-state index in [0.717, 1.165) is 58.0 Å². The van der Waals surface area contributed by atoms with E-state index < -0.39 is 0 Å². The molecule has 0 radical (unpaired) electrons. The maximum absolute atomic E-state index is 12.1. The van der Waals surface area contributed by atoms with Crippen LogP contribution in [-0.2, 0) is 6.42 Å². The van der Waals surface area contributed by atoms with Crippen molar-refractivity contribution in [3.8, 4) is 39.7 Å². The maximum atomic E-state index is 12.1. The summed E-state index contributed by atoms with van der Waals surface area (Å²) in [7, 11) is 4.05. The van der Waals surface area contributed by atoms with Crippen LogP contribution in [0.1, 0.15) is 22.3 Å².